The highest BCUT2D eigenvalue weighted by atomic mass is 16.5. The van der Waals surface area contributed by atoms with E-state index in [4.69, 9.17) is 4.74 Å². The van der Waals surface area contributed by atoms with E-state index in [1.807, 2.05) is 0 Å². The Morgan fingerprint density at radius 1 is 1.12 bits per heavy atom. The summed E-state index contributed by atoms with van der Waals surface area (Å²) in [5.41, 5.74) is 1.36. The molecule has 1 fully saturated rings. The van der Waals surface area contributed by atoms with Gasteiger partial charge in [-0.05, 0) is 22.8 Å². The molecular weight excluding hydrogens is 210 g/mol. The number of fused-ring (bicyclic) bond motifs is 1. The lowest BCUT2D eigenvalue weighted by Crippen LogP contribution is -2.39. The molecular formula is C15H17NO. The molecule has 1 unspecified atom stereocenters. The van der Waals surface area contributed by atoms with Crippen molar-refractivity contribution >= 4 is 10.8 Å². The van der Waals surface area contributed by atoms with Gasteiger partial charge in [-0.15, -0.1) is 0 Å². The highest BCUT2D eigenvalue weighted by molar-refractivity contribution is 5.82. The van der Waals surface area contributed by atoms with Crippen LogP contribution in [0.4, 0.5) is 0 Å². The summed E-state index contributed by atoms with van der Waals surface area (Å²) in [6.07, 6.45) is 1.32. The third-order valence-corrected chi connectivity index (χ3v) is 3.28. The molecule has 1 heterocycles. The molecule has 0 bridgehead atoms. The molecule has 1 N–H and O–H groups in total. The lowest BCUT2D eigenvalue weighted by atomic mass is 10.0. The van der Waals surface area contributed by atoms with E-state index in [9.17, 15) is 0 Å². The van der Waals surface area contributed by atoms with E-state index in [0.717, 1.165) is 26.1 Å². The van der Waals surface area contributed by atoms with Crippen molar-refractivity contribution in [2.45, 2.75) is 12.5 Å². The van der Waals surface area contributed by atoms with Gasteiger partial charge in [-0.1, -0.05) is 42.5 Å². The van der Waals surface area contributed by atoms with Crippen molar-refractivity contribution in [3.63, 3.8) is 0 Å². The number of morpholine rings is 1. The third kappa shape index (κ3) is 2.48. The minimum Gasteiger partial charge on any atom is -0.375 e. The number of rotatable bonds is 2. The van der Waals surface area contributed by atoms with E-state index in [2.05, 4.69) is 47.8 Å². The van der Waals surface area contributed by atoms with Crippen LogP contribution in [0.1, 0.15) is 5.56 Å². The highest BCUT2D eigenvalue weighted by Crippen LogP contribution is 2.17. The Morgan fingerprint density at radius 2 is 2.00 bits per heavy atom. The normalized spacial score (nSPS) is 20.6. The van der Waals surface area contributed by atoms with E-state index in [1.165, 1.54) is 16.3 Å². The summed E-state index contributed by atoms with van der Waals surface area (Å²) in [5, 5.41) is 5.99. The van der Waals surface area contributed by atoms with Crippen molar-refractivity contribution in [3.05, 3.63) is 48.0 Å². The zero-order valence-corrected chi connectivity index (χ0v) is 9.86. The van der Waals surface area contributed by atoms with Crippen LogP contribution in [0.5, 0.6) is 0 Å². The minimum atomic E-state index is 0.324. The van der Waals surface area contributed by atoms with Gasteiger partial charge in [0, 0.05) is 13.1 Å². The van der Waals surface area contributed by atoms with Gasteiger partial charge in [0.1, 0.15) is 0 Å². The highest BCUT2D eigenvalue weighted by Gasteiger charge is 2.13. The molecule has 1 aliphatic rings. The molecule has 0 saturated carbocycles. The van der Waals surface area contributed by atoms with Crippen LogP contribution in [0.2, 0.25) is 0 Å². The number of hydrogen-bond acceptors (Lipinski definition) is 2. The van der Waals surface area contributed by atoms with Crippen LogP contribution in [0.25, 0.3) is 10.8 Å². The molecule has 0 aromatic heterocycles. The van der Waals surface area contributed by atoms with Crippen LogP contribution in [-0.2, 0) is 11.2 Å². The first-order valence-corrected chi connectivity index (χ1v) is 6.22. The summed E-state index contributed by atoms with van der Waals surface area (Å²) in [6, 6.07) is 15.2. The van der Waals surface area contributed by atoms with Crippen LogP contribution in [-0.4, -0.2) is 25.8 Å². The second kappa shape index (κ2) is 4.86. The number of ether oxygens (including phenoxy) is 1. The predicted octanol–water partition coefficient (Wildman–Crippen LogP) is 2.37. The molecule has 2 aromatic carbocycles. The lowest BCUT2D eigenvalue weighted by Gasteiger charge is -2.23. The molecule has 0 amide bonds. The maximum atomic E-state index is 5.73. The molecule has 88 valence electrons. The van der Waals surface area contributed by atoms with Gasteiger partial charge in [-0.25, -0.2) is 0 Å². The van der Waals surface area contributed by atoms with Gasteiger partial charge in [-0.3, -0.25) is 0 Å². The molecule has 1 atom stereocenters. The summed E-state index contributed by atoms with van der Waals surface area (Å²) in [4.78, 5) is 0. The van der Waals surface area contributed by atoms with Gasteiger partial charge < -0.3 is 10.1 Å². The lowest BCUT2D eigenvalue weighted by molar-refractivity contribution is 0.0292. The van der Waals surface area contributed by atoms with Gasteiger partial charge in [0.05, 0.1) is 12.7 Å². The molecule has 17 heavy (non-hydrogen) atoms. The largest absolute Gasteiger partial charge is 0.375 e. The molecule has 0 spiro atoms. The van der Waals surface area contributed by atoms with Crippen molar-refractivity contribution in [3.8, 4) is 0 Å². The molecule has 1 aliphatic heterocycles. The molecule has 2 nitrogen and oxygen atoms in total. The second-order valence-corrected chi connectivity index (χ2v) is 4.58. The van der Waals surface area contributed by atoms with E-state index >= 15 is 0 Å². The van der Waals surface area contributed by atoms with Crippen molar-refractivity contribution in [2.24, 2.45) is 0 Å². The number of benzene rings is 2. The van der Waals surface area contributed by atoms with Gasteiger partial charge in [-0.2, -0.15) is 0 Å². The van der Waals surface area contributed by atoms with E-state index in [0.29, 0.717) is 6.10 Å². The molecule has 2 aromatic rings. The average molecular weight is 227 g/mol. The first kappa shape index (κ1) is 10.8. The molecule has 1 saturated heterocycles. The Morgan fingerprint density at radius 3 is 2.82 bits per heavy atom. The van der Waals surface area contributed by atoms with Crippen molar-refractivity contribution in [1.29, 1.82) is 0 Å². The second-order valence-electron chi connectivity index (χ2n) is 4.58. The standard InChI is InChI=1S/C15H17NO/c1-2-4-14-9-12(5-6-13(14)3-1)10-15-11-16-7-8-17-15/h1-6,9,15-16H,7-8,10-11H2. The predicted molar refractivity (Wildman–Crippen MR) is 70.3 cm³/mol. The van der Waals surface area contributed by atoms with Gasteiger partial charge >= 0.3 is 0 Å². The summed E-state index contributed by atoms with van der Waals surface area (Å²) < 4.78 is 5.73. The van der Waals surface area contributed by atoms with Crippen molar-refractivity contribution in [2.75, 3.05) is 19.7 Å². The van der Waals surface area contributed by atoms with Crippen LogP contribution >= 0.6 is 0 Å². The van der Waals surface area contributed by atoms with E-state index in [1.54, 1.807) is 0 Å². The van der Waals surface area contributed by atoms with Gasteiger partial charge in [0.25, 0.3) is 0 Å². The summed E-state index contributed by atoms with van der Waals surface area (Å²) in [5.74, 6) is 0. The topological polar surface area (TPSA) is 21.3 Å². The Labute approximate surface area is 102 Å². The fourth-order valence-electron chi connectivity index (χ4n) is 2.38. The van der Waals surface area contributed by atoms with E-state index < -0.39 is 0 Å². The first-order chi connectivity index (χ1) is 8.42. The SMILES string of the molecule is c1ccc2cc(CC3CNCCO3)ccc2c1. The summed E-state index contributed by atoms with van der Waals surface area (Å²) in [6.45, 7) is 2.78. The van der Waals surface area contributed by atoms with Crippen molar-refractivity contribution < 1.29 is 4.74 Å². The van der Waals surface area contributed by atoms with Crippen LogP contribution in [0.15, 0.2) is 42.5 Å². The average Bonchev–Trinajstić information content (AvgIpc) is 2.40. The van der Waals surface area contributed by atoms with Crippen LogP contribution in [0, 0.1) is 0 Å². The third-order valence-electron chi connectivity index (χ3n) is 3.28. The van der Waals surface area contributed by atoms with Gasteiger partial charge in [0.15, 0.2) is 0 Å². The van der Waals surface area contributed by atoms with Crippen molar-refractivity contribution in [1.82, 2.24) is 5.32 Å². The summed E-state index contributed by atoms with van der Waals surface area (Å²) in [7, 11) is 0. The molecule has 0 radical (unpaired) electrons. The number of hydrogen-bond donors (Lipinski definition) is 1. The fourth-order valence-corrected chi connectivity index (χ4v) is 2.38. The van der Waals surface area contributed by atoms with E-state index in [-0.39, 0.29) is 0 Å². The molecule has 3 rings (SSSR count). The molecule has 0 aliphatic carbocycles. The monoisotopic (exact) mass is 227 g/mol. The Hall–Kier alpha value is -1.38. The summed E-state index contributed by atoms with van der Waals surface area (Å²) >= 11 is 0. The van der Waals surface area contributed by atoms with Crippen LogP contribution in [0.3, 0.4) is 0 Å². The Balaban J connectivity index is 1.80. The minimum absolute atomic E-state index is 0.324. The fraction of sp³-hybridized carbons (Fsp3) is 0.333. The zero-order valence-electron chi connectivity index (χ0n) is 9.86. The van der Waals surface area contributed by atoms with Crippen LogP contribution < -0.4 is 5.32 Å². The maximum absolute atomic E-state index is 5.73. The van der Waals surface area contributed by atoms with Gasteiger partial charge in [0.2, 0.25) is 0 Å². The number of nitrogens with one attached hydrogen (secondary N) is 1. The molecule has 2 heteroatoms. The Bertz CT molecular complexity index is 503. The zero-order chi connectivity index (χ0) is 11.5. The quantitative estimate of drug-likeness (QED) is 0.850. The smallest absolute Gasteiger partial charge is 0.0740 e. The Kier molecular flexibility index (Phi) is 3.08. The maximum Gasteiger partial charge on any atom is 0.0740 e. The first-order valence-electron chi connectivity index (χ1n) is 6.22.